The van der Waals surface area contributed by atoms with Gasteiger partial charge in [0.15, 0.2) is 0 Å². The summed E-state index contributed by atoms with van der Waals surface area (Å²) in [6.45, 7) is 1.68. The SMILES string of the molecule is Cc1n[nH]c2ccc(C3C(C#N)=C(CCCC(F)(F)F)NC(C(F)(F)F)=C3C#N)cc12. The highest BCUT2D eigenvalue weighted by Gasteiger charge is 2.44. The van der Waals surface area contributed by atoms with E-state index in [1.165, 1.54) is 18.2 Å². The van der Waals surface area contributed by atoms with Crippen LogP contribution in [0.5, 0.6) is 0 Å². The van der Waals surface area contributed by atoms with E-state index in [2.05, 4.69) is 10.2 Å². The zero-order valence-electron chi connectivity index (χ0n) is 16.0. The molecule has 1 aromatic carbocycles. The Morgan fingerprint density at radius 2 is 1.74 bits per heavy atom. The molecule has 2 N–H and O–H groups in total. The van der Waals surface area contributed by atoms with Gasteiger partial charge in [-0.05, 0) is 37.5 Å². The first kappa shape index (κ1) is 22.2. The van der Waals surface area contributed by atoms with Crippen LogP contribution in [0.25, 0.3) is 10.9 Å². The zero-order chi connectivity index (χ0) is 23.0. The lowest BCUT2D eigenvalue weighted by molar-refractivity contribution is -0.135. The zero-order valence-corrected chi connectivity index (χ0v) is 16.0. The van der Waals surface area contributed by atoms with Crippen molar-refractivity contribution in [1.82, 2.24) is 15.5 Å². The van der Waals surface area contributed by atoms with E-state index in [1.54, 1.807) is 19.1 Å². The summed E-state index contributed by atoms with van der Waals surface area (Å²) in [6, 6.07) is 7.90. The van der Waals surface area contributed by atoms with Crippen LogP contribution >= 0.6 is 0 Å². The van der Waals surface area contributed by atoms with Crippen LogP contribution in [0.4, 0.5) is 26.3 Å². The quantitative estimate of drug-likeness (QED) is 0.624. The van der Waals surface area contributed by atoms with Crippen molar-refractivity contribution >= 4 is 10.9 Å². The first-order valence-electron chi connectivity index (χ1n) is 9.09. The molecule has 1 aliphatic heterocycles. The minimum Gasteiger partial charge on any atom is -0.353 e. The topological polar surface area (TPSA) is 88.3 Å². The number of aromatic nitrogens is 2. The number of benzene rings is 1. The predicted molar refractivity (Wildman–Crippen MR) is 97.9 cm³/mol. The Bertz CT molecular complexity index is 1150. The van der Waals surface area contributed by atoms with Crippen molar-refractivity contribution in [3.05, 3.63) is 52.0 Å². The molecule has 0 saturated carbocycles. The molecule has 0 saturated heterocycles. The van der Waals surface area contributed by atoms with Crippen LogP contribution in [0.15, 0.2) is 40.7 Å². The normalized spacial score (nSPS) is 17.5. The summed E-state index contributed by atoms with van der Waals surface area (Å²) in [5.74, 6) is -1.37. The molecule has 1 aromatic heterocycles. The van der Waals surface area contributed by atoms with E-state index in [0.717, 1.165) is 0 Å². The highest BCUT2D eigenvalue weighted by molar-refractivity contribution is 5.82. The number of dihydropyridines is 1. The Kier molecular flexibility index (Phi) is 5.72. The van der Waals surface area contributed by atoms with Crippen LogP contribution in [-0.2, 0) is 0 Å². The number of aryl methyl sites for hydroxylation is 1. The van der Waals surface area contributed by atoms with Gasteiger partial charge in [-0.15, -0.1) is 0 Å². The summed E-state index contributed by atoms with van der Waals surface area (Å²) < 4.78 is 78.6. The molecule has 2 aromatic rings. The number of nitrogens with one attached hydrogen (secondary N) is 2. The first-order valence-corrected chi connectivity index (χ1v) is 9.09. The van der Waals surface area contributed by atoms with Crippen LogP contribution in [0.2, 0.25) is 0 Å². The van der Waals surface area contributed by atoms with E-state index in [0.29, 0.717) is 16.6 Å². The fraction of sp³-hybridized carbons (Fsp3) is 0.350. The molecule has 0 radical (unpaired) electrons. The second kappa shape index (κ2) is 7.99. The van der Waals surface area contributed by atoms with Gasteiger partial charge >= 0.3 is 12.4 Å². The smallest absolute Gasteiger partial charge is 0.353 e. The van der Waals surface area contributed by atoms with Gasteiger partial charge in [0.2, 0.25) is 0 Å². The minimum atomic E-state index is -4.96. The number of allylic oxidation sites excluding steroid dienone is 4. The van der Waals surface area contributed by atoms with E-state index >= 15 is 0 Å². The molecule has 3 rings (SSSR count). The molecule has 5 nitrogen and oxygen atoms in total. The number of halogens is 6. The average molecular weight is 439 g/mol. The fourth-order valence-corrected chi connectivity index (χ4v) is 3.56. The number of hydrogen-bond acceptors (Lipinski definition) is 4. The Balaban J connectivity index is 2.16. The molecule has 0 bridgehead atoms. The van der Waals surface area contributed by atoms with Gasteiger partial charge in [-0.2, -0.15) is 42.0 Å². The van der Waals surface area contributed by atoms with E-state index in [9.17, 15) is 36.9 Å². The minimum absolute atomic E-state index is 0.216. The number of aromatic amines is 1. The van der Waals surface area contributed by atoms with Gasteiger partial charge in [-0.25, -0.2) is 0 Å². The lowest BCUT2D eigenvalue weighted by atomic mass is 9.80. The molecule has 1 atom stereocenters. The molecule has 0 spiro atoms. The number of nitrogens with zero attached hydrogens (tertiary/aromatic N) is 3. The third-order valence-electron chi connectivity index (χ3n) is 4.97. The molecule has 2 heterocycles. The van der Waals surface area contributed by atoms with Gasteiger partial charge in [0.05, 0.1) is 40.4 Å². The molecular formula is C20H15F6N5. The number of rotatable bonds is 4. The van der Waals surface area contributed by atoms with E-state index < -0.39 is 48.8 Å². The van der Waals surface area contributed by atoms with Gasteiger partial charge in [-0.3, -0.25) is 5.10 Å². The van der Waals surface area contributed by atoms with Gasteiger partial charge in [-0.1, -0.05) is 6.07 Å². The van der Waals surface area contributed by atoms with Crippen LogP contribution in [0.1, 0.15) is 36.4 Å². The van der Waals surface area contributed by atoms with Crippen molar-refractivity contribution in [3.63, 3.8) is 0 Å². The molecular weight excluding hydrogens is 424 g/mol. The van der Waals surface area contributed by atoms with E-state index in [4.69, 9.17) is 0 Å². The number of nitriles is 2. The van der Waals surface area contributed by atoms with E-state index in [1.807, 2.05) is 5.32 Å². The highest BCUT2D eigenvalue weighted by atomic mass is 19.4. The Hall–Kier alpha value is -3.47. The van der Waals surface area contributed by atoms with Crippen LogP contribution in [0, 0.1) is 29.6 Å². The highest BCUT2D eigenvalue weighted by Crippen LogP contribution is 2.43. The molecule has 1 aliphatic rings. The molecule has 0 fully saturated rings. The van der Waals surface area contributed by atoms with Crippen molar-refractivity contribution in [1.29, 1.82) is 10.5 Å². The lowest BCUT2D eigenvalue weighted by Crippen LogP contribution is -2.34. The predicted octanol–water partition coefficient (Wildman–Crippen LogP) is 5.41. The van der Waals surface area contributed by atoms with Gasteiger partial charge in [0, 0.05) is 17.5 Å². The summed E-state index contributed by atoms with van der Waals surface area (Å²) >= 11 is 0. The summed E-state index contributed by atoms with van der Waals surface area (Å²) in [5, 5.41) is 28.6. The summed E-state index contributed by atoms with van der Waals surface area (Å²) in [7, 11) is 0. The number of alkyl halides is 6. The number of H-pyrrole nitrogens is 1. The van der Waals surface area contributed by atoms with Crippen molar-refractivity contribution < 1.29 is 26.3 Å². The third-order valence-corrected chi connectivity index (χ3v) is 4.97. The standard InChI is InChI=1S/C20H15F6N5/c1-10-12-7-11(4-5-16(12)31-30-10)17-13(8-27)15(3-2-6-19(21,22)23)29-18(14(17)9-28)20(24,25)26/h4-5,7,17,29H,2-3,6H2,1H3,(H,30,31). The molecule has 0 aliphatic carbocycles. The van der Waals surface area contributed by atoms with Crippen molar-refractivity contribution in [3.8, 4) is 12.1 Å². The molecule has 162 valence electrons. The number of hydrogen-bond donors (Lipinski definition) is 2. The van der Waals surface area contributed by atoms with E-state index in [-0.39, 0.29) is 16.8 Å². The Morgan fingerprint density at radius 1 is 1.06 bits per heavy atom. The summed E-state index contributed by atoms with van der Waals surface area (Å²) in [4.78, 5) is 0. The summed E-state index contributed by atoms with van der Waals surface area (Å²) in [6.07, 6.45) is -11.6. The monoisotopic (exact) mass is 439 g/mol. The average Bonchev–Trinajstić information content (AvgIpc) is 3.05. The maximum absolute atomic E-state index is 13.7. The lowest BCUT2D eigenvalue weighted by Gasteiger charge is -2.30. The second-order valence-corrected chi connectivity index (χ2v) is 7.04. The van der Waals surface area contributed by atoms with Crippen LogP contribution < -0.4 is 5.32 Å². The van der Waals surface area contributed by atoms with Crippen LogP contribution in [0.3, 0.4) is 0 Å². The number of fused-ring (bicyclic) bond motifs is 1. The third kappa shape index (κ3) is 4.50. The molecule has 0 amide bonds. The molecule has 31 heavy (non-hydrogen) atoms. The molecule has 1 unspecified atom stereocenters. The second-order valence-electron chi connectivity index (χ2n) is 7.04. The maximum atomic E-state index is 13.7. The van der Waals surface area contributed by atoms with Gasteiger partial charge in [0.25, 0.3) is 0 Å². The van der Waals surface area contributed by atoms with Crippen molar-refractivity contribution in [2.24, 2.45) is 0 Å². The van der Waals surface area contributed by atoms with Crippen molar-refractivity contribution in [2.45, 2.75) is 44.5 Å². The first-order chi connectivity index (χ1) is 14.5. The summed E-state index contributed by atoms with van der Waals surface area (Å²) in [5.41, 5.74) is -1.16. The largest absolute Gasteiger partial charge is 0.432 e. The fourth-order valence-electron chi connectivity index (χ4n) is 3.56. The molecule has 11 heteroatoms. The maximum Gasteiger partial charge on any atom is 0.432 e. The Labute approximate surface area is 172 Å². The Morgan fingerprint density at radius 3 is 2.32 bits per heavy atom. The van der Waals surface area contributed by atoms with Crippen LogP contribution in [-0.4, -0.2) is 22.5 Å². The van der Waals surface area contributed by atoms with Gasteiger partial charge < -0.3 is 5.32 Å². The van der Waals surface area contributed by atoms with Crippen molar-refractivity contribution in [2.75, 3.05) is 0 Å². The van der Waals surface area contributed by atoms with Gasteiger partial charge in [0.1, 0.15) is 5.70 Å².